The van der Waals surface area contributed by atoms with Gasteiger partial charge < -0.3 is 20.5 Å². The third kappa shape index (κ3) is 7.33. The number of hydrogen-bond donors (Lipinski definition) is 3. The minimum Gasteiger partial charge on any atom is -0.480 e. The molecule has 0 aliphatic carbocycles. The number of carbonyl (C=O) groups excluding carboxylic acids is 1. The largest absolute Gasteiger partial charge is 0.480 e. The zero-order valence-corrected chi connectivity index (χ0v) is 13.2. The summed E-state index contributed by atoms with van der Waals surface area (Å²) in [5.41, 5.74) is -0.0356. The predicted molar refractivity (Wildman–Crippen MR) is 77.7 cm³/mol. The van der Waals surface area contributed by atoms with Crippen molar-refractivity contribution in [3.8, 4) is 0 Å². The van der Waals surface area contributed by atoms with Crippen LogP contribution in [0.3, 0.4) is 0 Å². The van der Waals surface area contributed by atoms with Crippen LogP contribution in [0.5, 0.6) is 0 Å². The second kappa shape index (κ2) is 8.79. The highest BCUT2D eigenvalue weighted by Gasteiger charge is 2.24. The molecule has 0 bridgehead atoms. The van der Waals surface area contributed by atoms with Crippen LogP contribution in [-0.4, -0.2) is 43.4 Å². The lowest BCUT2D eigenvalue weighted by Gasteiger charge is -2.29. The lowest BCUT2D eigenvalue weighted by atomic mass is 9.81. The highest BCUT2D eigenvalue weighted by atomic mass is 16.5. The zero-order chi connectivity index (χ0) is 15.8. The number of carbonyl (C=O) groups is 2. The fraction of sp³-hybridized carbons (Fsp3) is 0.857. The van der Waals surface area contributed by atoms with E-state index in [0.29, 0.717) is 31.9 Å². The summed E-state index contributed by atoms with van der Waals surface area (Å²) in [6.07, 6.45) is 0.940. The molecule has 0 fully saturated rings. The van der Waals surface area contributed by atoms with Crippen molar-refractivity contribution in [3.63, 3.8) is 0 Å². The second-order valence-electron chi connectivity index (χ2n) is 6.00. The van der Waals surface area contributed by atoms with Crippen LogP contribution in [-0.2, 0) is 9.53 Å². The molecule has 1 unspecified atom stereocenters. The van der Waals surface area contributed by atoms with E-state index in [-0.39, 0.29) is 5.41 Å². The summed E-state index contributed by atoms with van der Waals surface area (Å²) in [5, 5.41) is 14.3. The molecule has 6 heteroatoms. The molecule has 0 aromatic rings. The minimum atomic E-state index is -1.03. The number of urea groups is 1. The number of amides is 2. The van der Waals surface area contributed by atoms with E-state index < -0.39 is 18.0 Å². The number of aliphatic carboxylic acids is 1. The van der Waals surface area contributed by atoms with Crippen molar-refractivity contribution < 1.29 is 19.4 Å². The Morgan fingerprint density at radius 1 is 1.30 bits per heavy atom. The Labute approximate surface area is 121 Å². The number of hydrogen-bond acceptors (Lipinski definition) is 3. The van der Waals surface area contributed by atoms with Gasteiger partial charge in [0.2, 0.25) is 0 Å². The van der Waals surface area contributed by atoms with Crippen molar-refractivity contribution >= 4 is 12.0 Å². The van der Waals surface area contributed by atoms with Gasteiger partial charge in [-0.25, -0.2) is 9.59 Å². The van der Waals surface area contributed by atoms with Crippen LogP contribution in [0.15, 0.2) is 0 Å². The fourth-order valence-corrected chi connectivity index (χ4v) is 1.41. The number of carboxylic acid groups (broad SMARTS) is 1. The Kier molecular flexibility index (Phi) is 8.22. The number of nitrogens with one attached hydrogen (secondary N) is 2. The van der Waals surface area contributed by atoms with Crippen molar-refractivity contribution in [2.24, 2.45) is 11.3 Å². The Morgan fingerprint density at radius 2 is 1.90 bits per heavy atom. The molecule has 6 nitrogen and oxygen atoms in total. The normalized spacial score (nSPS) is 13.1. The SMILES string of the molecule is COCCCC(NC(=O)NCC(C)(C)C(C)C)C(=O)O. The van der Waals surface area contributed by atoms with Crippen molar-refractivity contribution in [3.05, 3.63) is 0 Å². The monoisotopic (exact) mass is 288 g/mol. The average molecular weight is 288 g/mol. The van der Waals surface area contributed by atoms with Crippen molar-refractivity contribution in [1.29, 1.82) is 0 Å². The van der Waals surface area contributed by atoms with E-state index in [1.165, 1.54) is 0 Å². The van der Waals surface area contributed by atoms with E-state index in [0.717, 1.165) is 0 Å². The summed E-state index contributed by atoms with van der Waals surface area (Å²) in [6, 6.07) is -1.32. The highest BCUT2D eigenvalue weighted by Crippen LogP contribution is 2.24. The lowest BCUT2D eigenvalue weighted by molar-refractivity contribution is -0.139. The zero-order valence-electron chi connectivity index (χ0n) is 13.2. The van der Waals surface area contributed by atoms with Crippen LogP contribution in [0.4, 0.5) is 4.79 Å². The molecule has 0 aliphatic heterocycles. The molecular weight excluding hydrogens is 260 g/mol. The van der Waals surface area contributed by atoms with Crippen LogP contribution in [0, 0.1) is 11.3 Å². The van der Waals surface area contributed by atoms with Crippen molar-refractivity contribution in [1.82, 2.24) is 10.6 Å². The first-order chi connectivity index (χ1) is 9.20. The lowest BCUT2D eigenvalue weighted by Crippen LogP contribution is -2.48. The molecule has 0 aromatic carbocycles. The van der Waals surface area contributed by atoms with Gasteiger partial charge in [-0.3, -0.25) is 0 Å². The van der Waals surface area contributed by atoms with Gasteiger partial charge in [0, 0.05) is 20.3 Å². The van der Waals surface area contributed by atoms with E-state index in [1.807, 2.05) is 0 Å². The highest BCUT2D eigenvalue weighted by molar-refractivity contribution is 5.82. The summed E-state index contributed by atoms with van der Waals surface area (Å²) >= 11 is 0. The maximum Gasteiger partial charge on any atom is 0.326 e. The fourth-order valence-electron chi connectivity index (χ4n) is 1.41. The van der Waals surface area contributed by atoms with E-state index in [9.17, 15) is 9.59 Å². The smallest absolute Gasteiger partial charge is 0.326 e. The van der Waals surface area contributed by atoms with E-state index in [4.69, 9.17) is 9.84 Å². The van der Waals surface area contributed by atoms with Crippen LogP contribution in [0.25, 0.3) is 0 Å². The number of rotatable bonds is 9. The Bertz CT molecular complexity index is 316. The molecule has 0 spiro atoms. The van der Waals surface area contributed by atoms with Crippen LogP contribution in [0.2, 0.25) is 0 Å². The first-order valence-corrected chi connectivity index (χ1v) is 6.96. The van der Waals surface area contributed by atoms with Gasteiger partial charge in [-0.15, -0.1) is 0 Å². The predicted octanol–water partition coefficient (Wildman–Crippen LogP) is 1.85. The molecule has 0 aromatic heterocycles. The Morgan fingerprint density at radius 3 is 2.35 bits per heavy atom. The maximum absolute atomic E-state index is 11.7. The van der Waals surface area contributed by atoms with Gasteiger partial charge in [-0.05, 0) is 24.2 Å². The van der Waals surface area contributed by atoms with Gasteiger partial charge in [0.05, 0.1) is 0 Å². The summed E-state index contributed by atoms with van der Waals surface area (Å²) in [4.78, 5) is 22.8. The Balaban J connectivity index is 4.23. The molecule has 20 heavy (non-hydrogen) atoms. The minimum absolute atomic E-state index is 0.0356. The molecule has 0 aliphatic rings. The number of methoxy groups -OCH3 is 1. The van der Waals surface area contributed by atoms with Gasteiger partial charge in [0.25, 0.3) is 0 Å². The van der Waals surface area contributed by atoms with E-state index in [1.54, 1.807) is 7.11 Å². The van der Waals surface area contributed by atoms with E-state index >= 15 is 0 Å². The molecule has 3 N–H and O–H groups in total. The average Bonchev–Trinajstić information content (AvgIpc) is 2.35. The quantitative estimate of drug-likeness (QED) is 0.565. The molecular formula is C14H28N2O4. The van der Waals surface area contributed by atoms with Gasteiger partial charge in [0.1, 0.15) is 6.04 Å². The molecule has 118 valence electrons. The third-order valence-electron chi connectivity index (χ3n) is 3.71. The van der Waals surface area contributed by atoms with Crippen molar-refractivity contribution in [2.75, 3.05) is 20.3 Å². The summed E-state index contributed by atoms with van der Waals surface area (Å²) < 4.78 is 4.87. The van der Waals surface area contributed by atoms with Gasteiger partial charge >= 0.3 is 12.0 Å². The Hall–Kier alpha value is -1.30. The number of ether oxygens (including phenoxy) is 1. The summed E-state index contributed by atoms with van der Waals surface area (Å²) in [7, 11) is 1.56. The first kappa shape index (κ1) is 18.7. The summed E-state index contributed by atoms with van der Waals surface area (Å²) in [5.74, 6) is -0.612. The number of carboxylic acids is 1. The van der Waals surface area contributed by atoms with Gasteiger partial charge in [-0.1, -0.05) is 27.7 Å². The molecule has 0 saturated heterocycles. The molecule has 0 heterocycles. The summed E-state index contributed by atoms with van der Waals surface area (Å²) in [6.45, 7) is 9.28. The maximum atomic E-state index is 11.7. The molecule has 0 radical (unpaired) electrons. The molecule has 1 atom stereocenters. The first-order valence-electron chi connectivity index (χ1n) is 6.96. The standard InChI is InChI=1S/C14H28N2O4/c1-10(2)14(3,4)9-15-13(19)16-11(12(17)18)7-6-8-20-5/h10-11H,6-9H2,1-5H3,(H,17,18)(H2,15,16,19). The van der Waals surface area contributed by atoms with Gasteiger partial charge in [-0.2, -0.15) is 0 Å². The molecule has 0 saturated carbocycles. The van der Waals surface area contributed by atoms with Crippen molar-refractivity contribution in [2.45, 2.75) is 46.6 Å². The molecule has 2 amide bonds. The van der Waals surface area contributed by atoms with Gasteiger partial charge in [0.15, 0.2) is 0 Å². The van der Waals surface area contributed by atoms with Crippen LogP contribution in [0.1, 0.15) is 40.5 Å². The second-order valence-corrected chi connectivity index (χ2v) is 6.00. The topological polar surface area (TPSA) is 87.7 Å². The van der Waals surface area contributed by atoms with E-state index in [2.05, 4.69) is 38.3 Å². The third-order valence-corrected chi connectivity index (χ3v) is 3.71. The molecule has 0 rings (SSSR count). The van der Waals surface area contributed by atoms with Crippen LogP contribution >= 0.6 is 0 Å². The van der Waals surface area contributed by atoms with Crippen LogP contribution < -0.4 is 10.6 Å².